The number of nitrogens with zero attached hydrogens (tertiary/aromatic N) is 1. The number of hydrogen-bond acceptors (Lipinski definition) is 3. The lowest BCUT2D eigenvalue weighted by molar-refractivity contribution is 0.306. The number of halogens is 1. The molecule has 0 bridgehead atoms. The number of para-hydroxylation sites is 1. The van der Waals surface area contributed by atoms with Gasteiger partial charge in [0.1, 0.15) is 12.4 Å². The second kappa shape index (κ2) is 9.71. The summed E-state index contributed by atoms with van der Waals surface area (Å²) in [6.07, 6.45) is 1.68. The van der Waals surface area contributed by atoms with Crippen LogP contribution in [0.25, 0.3) is 0 Å². The molecule has 0 aliphatic heterocycles. The molecule has 0 saturated heterocycles. The molecule has 0 aliphatic rings. The molecule has 0 fully saturated rings. The first-order valence-corrected chi connectivity index (χ1v) is 9.11. The monoisotopic (exact) mass is 395 g/mol. The van der Waals surface area contributed by atoms with Gasteiger partial charge < -0.3 is 10.1 Å². The highest BCUT2D eigenvalue weighted by molar-refractivity contribution is 7.80. The van der Waals surface area contributed by atoms with E-state index in [0.717, 1.165) is 22.6 Å². The molecule has 3 rings (SSSR count). The van der Waals surface area contributed by atoms with E-state index in [0.29, 0.717) is 16.7 Å². The third kappa shape index (κ3) is 6.09. The molecule has 0 saturated carbocycles. The fourth-order valence-corrected chi connectivity index (χ4v) is 2.67. The second-order valence-electron chi connectivity index (χ2n) is 5.64. The Morgan fingerprint density at radius 1 is 1.00 bits per heavy atom. The predicted molar refractivity (Wildman–Crippen MR) is 116 cm³/mol. The van der Waals surface area contributed by atoms with Gasteiger partial charge in [0, 0.05) is 16.3 Å². The van der Waals surface area contributed by atoms with Gasteiger partial charge in [-0.05, 0) is 48.1 Å². The normalized spacial score (nSPS) is 10.6. The lowest BCUT2D eigenvalue weighted by Crippen LogP contribution is -2.23. The first kappa shape index (κ1) is 18.9. The molecule has 0 amide bonds. The van der Waals surface area contributed by atoms with E-state index in [-0.39, 0.29) is 0 Å². The van der Waals surface area contributed by atoms with Gasteiger partial charge in [0.15, 0.2) is 5.11 Å². The minimum atomic E-state index is 0.406. The van der Waals surface area contributed by atoms with Gasteiger partial charge in [0.2, 0.25) is 0 Å². The van der Waals surface area contributed by atoms with Crippen LogP contribution in [-0.4, -0.2) is 11.3 Å². The van der Waals surface area contributed by atoms with E-state index in [1.165, 1.54) is 0 Å². The topological polar surface area (TPSA) is 45.7 Å². The molecule has 3 aromatic carbocycles. The summed E-state index contributed by atoms with van der Waals surface area (Å²) in [6.45, 7) is 0.406. The number of hydrazone groups is 1. The number of nitrogens with one attached hydrogen (secondary N) is 2. The SMILES string of the molecule is S=C(NN=Cc1cccc(OCc2ccccc2Cl)c1)Nc1ccccc1. The molecule has 4 nitrogen and oxygen atoms in total. The van der Waals surface area contributed by atoms with Crippen molar-refractivity contribution < 1.29 is 4.74 Å². The zero-order valence-electron chi connectivity index (χ0n) is 14.4. The van der Waals surface area contributed by atoms with Crippen molar-refractivity contribution in [2.75, 3.05) is 5.32 Å². The van der Waals surface area contributed by atoms with E-state index < -0.39 is 0 Å². The Labute approximate surface area is 168 Å². The van der Waals surface area contributed by atoms with Crippen LogP contribution in [-0.2, 0) is 6.61 Å². The number of ether oxygens (including phenoxy) is 1. The van der Waals surface area contributed by atoms with Crippen LogP contribution < -0.4 is 15.5 Å². The van der Waals surface area contributed by atoms with Crippen molar-refractivity contribution in [2.45, 2.75) is 6.61 Å². The van der Waals surface area contributed by atoms with Gasteiger partial charge in [-0.15, -0.1) is 0 Å². The van der Waals surface area contributed by atoms with Crippen LogP contribution in [0, 0.1) is 0 Å². The highest BCUT2D eigenvalue weighted by Gasteiger charge is 2.01. The smallest absolute Gasteiger partial charge is 0.191 e. The minimum Gasteiger partial charge on any atom is -0.489 e. The van der Waals surface area contributed by atoms with Crippen molar-refractivity contribution in [3.63, 3.8) is 0 Å². The Hall–Kier alpha value is -2.89. The molecule has 6 heteroatoms. The van der Waals surface area contributed by atoms with Crippen molar-refractivity contribution in [2.24, 2.45) is 5.10 Å². The van der Waals surface area contributed by atoms with E-state index in [2.05, 4.69) is 15.8 Å². The lowest BCUT2D eigenvalue weighted by Gasteiger charge is -2.08. The summed E-state index contributed by atoms with van der Waals surface area (Å²) < 4.78 is 5.82. The third-order valence-electron chi connectivity index (χ3n) is 3.62. The summed E-state index contributed by atoms with van der Waals surface area (Å²) in [5, 5.41) is 8.32. The third-order valence-corrected chi connectivity index (χ3v) is 4.18. The van der Waals surface area contributed by atoms with Crippen molar-refractivity contribution in [3.8, 4) is 5.75 Å². The Kier molecular flexibility index (Phi) is 6.79. The fraction of sp³-hybridized carbons (Fsp3) is 0.0476. The maximum Gasteiger partial charge on any atom is 0.191 e. The number of rotatable bonds is 6. The summed E-state index contributed by atoms with van der Waals surface area (Å²) in [5.41, 5.74) is 5.53. The largest absolute Gasteiger partial charge is 0.489 e. The van der Waals surface area contributed by atoms with Crippen molar-refractivity contribution in [1.29, 1.82) is 0 Å². The highest BCUT2D eigenvalue weighted by atomic mass is 35.5. The van der Waals surface area contributed by atoms with Crippen LogP contribution in [0.1, 0.15) is 11.1 Å². The Balaban J connectivity index is 1.53. The molecule has 136 valence electrons. The second-order valence-corrected chi connectivity index (χ2v) is 6.46. The Bertz CT molecular complexity index is 931. The highest BCUT2D eigenvalue weighted by Crippen LogP contribution is 2.19. The van der Waals surface area contributed by atoms with Crippen molar-refractivity contribution in [3.05, 3.63) is 95.0 Å². The van der Waals surface area contributed by atoms with Crippen molar-refractivity contribution >= 4 is 40.8 Å². The van der Waals surface area contributed by atoms with E-state index in [1.807, 2.05) is 78.9 Å². The van der Waals surface area contributed by atoms with E-state index in [9.17, 15) is 0 Å². The fourth-order valence-electron chi connectivity index (χ4n) is 2.31. The van der Waals surface area contributed by atoms with Crippen LogP contribution in [0.3, 0.4) is 0 Å². The Morgan fingerprint density at radius 3 is 2.59 bits per heavy atom. The summed E-state index contributed by atoms with van der Waals surface area (Å²) in [6, 6.07) is 24.9. The average molecular weight is 396 g/mol. The molecule has 2 N–H and O–H groups in total. The van der Waals surface area contributed by atoms with Crippen LogP contribution in [0.4, 0.5) is 5.69 Å². The maximum absolute atomic E-state index is 6.15. The van der Waals surface area contributed by atoms with E-state index in [4.69, 9.17) is 28.6 Å². The zero-order valence-corrected chi connectivity index (χ0v) is 16.0. The zero-order chi connectivity index (χ0) is 18.9. The minimum absolute atomic E-state index is 0.406. The molecule has 0 heterocycles. The van der Waals surface area contributed by atoms with Crippen LogP contribution in [0.2, 0.25) is 5.02 Å². The van der Waals surface area contributed by atoms with Gasteiger partial charge in [-0.2, -0.15) is 5.10 Å². The first-order valence-electron chi connectivity index (χ1n) is 8.32. The van der Waals surface area contributed by atoms with Gasteiger partial charge in [0.25, 0.3) is 0 Å². The number of thiocarbonyl (C=S) groups is 1. The number of anilines is 1. The van der Waals surface area contributed by atoms with Gasteiger partial charge in [-0.1, -0.05) is 60.1 Å². The first-order chi connectivity index (χ1) is 13.2. The maximum atomic E-state index is 6.15. The quantitative estimate of drug-likeness (QED) is 0.340. The number of benzene rings is 3. The lowest BCUT2D eigenvalue weighted by atomic mass is 10.2. The molecule has 0 unspecified atom stereocenters. The molecule has 27 heavy (non-hydrogen) atoms. The molecule has 0 radical (unpaired) electrons. The standard InChI is InChI=1S/C21H18ClN3OS/c22-20-12-5-4-8-17(20)15-26-19-11-6-7-16(13-19)14-23-25-21(27)24-18-9-2-1-3-10-18/h1-14H,15H2,(H2,24,25,27). The molecular weight excluding hydrogens is 378 g/mol. The van der Waals surface area contributed by atoms with Crippen LogP contribution >= 0.6 is 23.8 Å². The van der Waals surface area contributed by atoms with Crippen LogP contribution in [0.15, 0.2) is 84.0 Å². The molecule has 0 atom stereocenters. The summed E-state index contributed by atoms with van der Waals surface area (Å²) >= 11 is 11.4. The van der Waals surface area contributed by atoms with Crippen molar-refractivity contribution in [1.82, 2.24) is 5.43 Å². The summed E-state index contributed by atoms with van der Waals surface area (Å²) in [5.74, 6) is 0.740. The molecule has 0 aliphatic carbocycles. The van der Waals surface area contributed by atoms with Gasteiger partial charge in [-0.3, -0.25) is 5.43 Å². The summed E-state index contributed by atoms with van der Waals surface area (Å²) in [4.78, 5) is 0. The van der Waals surface area contributed by atoms with E-state index in [1.54, 1.807) is 6.21 Å². The molecular formula is C21H18ClN3OS. The van der Waals surface area contributed by atoms with E-state index >= 15 is 0 Å². The predicted octanol–water partition coefficient (Wildman–Crippen LogP) is 5.24. The molecule has 0 spiro atoms. The Morgan fingerprint density at radius 2 is 1.78 bits per heavy atom. The molecule has 3 aromatic rings. The van der Waals surface area contributed by atoms with Gasteiger partial charge in [0.05, 0.1) is 6.21 Å². The van der Waals surface area contributed by atoms with Gasteiger partial charge >= 0.3 is 0 Å². The summed E-state index contributed by atoms with van der Waals surface area (Å²) in [7, 11) is 0. The van der Waals surface area contributed by atoms with Gasteiger partial charge in [-0.25, -0.2) is 0 Å². The molecule has 0 aromatic heterocycles. The number of hydrogen-bond donors (Lipinski definition) is 2. The van der Waals surface area contributed by atoms with Crippen LogP contribution in [0.5, 0.6) is 5.75 Å². The average Bonchev–Trinajstić information content (AvgIpc) is 2.68.